The maximum absolute atomic E-state index is 4.43. The molecule has 0 aromatic carbocycles. The van der Waals surface area contributed by atoms with Crippen molar-refractivity contribution in [2.75, 3.05) is 25.0 Å². The van der Waals surface area contributed by atoms with Gasteiger partial charge in [0.15, 0.2) is 0 Å². The quantitative estimate of drug-likeness (QED) is 0.727. The van der Waals surface area contributed by atoms with Crippen LogP contribution in [-0.4, -0.2) is 35.6 Å². The molecule has 2 aliphatic rings. The average molecular weight is 247 g/mol. The first kappa shape index (κ1) is 11.9. The normalized spacial score (nSPS) is 26.7. The van der Waals surface area contributed by atoms with Crippen LogP contribution in [0.25, 0.3) is 0 Å². The smallest absolute Gasteiger partial charge is 0.132 e. The molecule has 3 heterocycles. The highest BCUT2D eigenvalue weighted by Crippen LogP contribution is 2.21. The fraction of sp³-hybridized carbons (Fsp3) is 0.692. The minimum absolute atomic E-state index is 0.554. The molecule has 2 atom stereocenters. The third kappa shape index (κ3) is 2.33. The molecule has 0 amide bonds. The molecule has 5 heteroatoms. The molecule has 1 aromatic rings. The molecule has 3 N–H and O–H groups in total. The molecule has 98 valence electrons. The highest BCUT2D eigenvalue weighted by molar-refractivity contribution is 5.50. The van der Waals surface area contributed by atoms with Gasteiger partial charge in [0.05, 0.1) is 5.69 Å². The van der Waals surface area contributed by atoms with Crippen LogP contribution in [0, 0.1) is 5.92 Å². The van der Waals surface area contributed by atoms with Gasteiger partial charge in [0.1, 0.15) is 12.1 Å². The van der Waals surface area contributed by atoms with Gasteiger partial charge in [-0.2, -0.15) is 0 Å². The molecule has 18 heavy (non-hydrogen) atoms. The summed E-state index contributed by atoms with van der Waals surface area (Å²) < 4.78 is 0. The van der Waals surface area contributed by atoms with Crippen LogP contribution in [0.5, 0.6) is 0 Å². The number of piperidine rings is 1. The Morgan fingerprint density at radius 1 is 1.39 bits per heavy atom. The number of hydrogen-bond acceptors (Lipinski definition) is 5. The third-order valence-corrected chi connectivity index (χ3v) is 4.06. The van der Waals surface area contributed by atoms with Gasteiger partial charge in [0, 0.05) is 31.2 Å². The molecule has 0 unspecified atom stereocenters. The van der Waals surface area contributed by atoms with Crippen LogP contribution in [0.4, 0.5) is 5.82 Å². The summed E-state index contributed by atoms with van der Waals surface area (Å²) in [6.07, 6.45) is 3.96. The van der Waals surface area contributed by atoms with E-state index < -0.39 is 0 Å². The molecule has 1 saturated heterocycles. The first-order valence-electron chi connectivity index (χ1n) is 6.85. The Bertz CT molecular complexity index is 420. The van der Waals surface area contributed by atoms with Gasteiger partial charge in [-0.05, 0) is 25.3 Å². The number of aromatic nitrogens is 2. The van der Waals surface area contributed by atoms with E-state index in [4.69, 9.17) is 0 Å². The van der Waals surface area contributed by atoms with E-state index >= 15 is 0 Å². The van der Waals surface area contributed by atoms with Gasteiger partial charge in [-0.3, -0.25) is 0 Å². The molecule has 0 aliphatic carbocycles. The Hall–Kier alpha value is -1.20. The van der Waals surface area contributed by atoms with E-state index in [1.165, 1.54) is 12.0 Å². The molecular formula is C13H21N5. The second-order valence-corrected chi connectivity index (χ2v) is 5.28. The van der Waals surface area contributed by atoms with Crippen LogP contribution in [-0.2, 0) is 13.0 Å². The summed E-state index contributed by atoms with van der Waals surface area (Å²) >= 11 is 0. The predicted octanol–water partition coefficient (Wildman–Crippen LogP) is 0.532. The summed E-state index contributed by atoms with van der Waals surface area (Å²) in [5.41, 5.74) is 2.45. The molecule has 0 spiro atoms. The Balaban J connectivity index is 1.65. The summed E-state index contributed by atoms with van der Waals surface area (Å²) in [5, 5.41) is 10.4. The first-order valence-corrected chi connectivity index (χ1v) is 6.85. The molecular weight excluding hydrogens is 226 g/mol. The minimum Gasteiger partial charge on any atom is -0.369 e. The van der Waals surface area contributed by atoms with Gasteiger partial charge in [0.25, 0.3) is 0 Å². The van der Waals surface area contributed by atoms with E-state index in [1.807, 2.05) is 0 Å². The standard InChI is InChI=1S/C13H21N5/c1-9-2-4-14-6-11(9)16-7-12-10-3-5-15-13(10)18-8-17-12/h8-9,11,14,16H,2-7H2,1H3,(H,15,17,18)/t9-,11+/m1/s1. The maximum atomic E-state index is 4.43. The van der Waals surface area contributed by atoms with Gasteiger partial charge in [0.2, 0.25) is 0 Å². The number of fused-ring (bicyclic) bond motifs is 1. The van der Waals surface area contributed by atoms with Crippen molar-refractivity contribution in [3.05, 3.63) is 17.6 Å². The van der Waals surface area contributed by atoms with E-state index in [9.17, 15) is 0 Å². The topological polar surface area (TPSA) is 61.9 Å². The number of nitrogens with zero attached hydrogens (tertiary/aromatic N) is 2. The summed E-state index contributed by atoms with van der Waals surface area (Å²) in [6, 6.07) is 0.554. The predicted molar refractivity (Wildman–Crippen MR) is 71.5 cm³/mol. The van der Waals surface area contributed by atoms with Crippen molar-refractivity contribution >= 4 is 5.82 Å². The van der Waals surface area contributed by atoms with Crippen molar-refractivity contribution < 1.29 is 0 Å². The SMILES string of the molecule is C[C@@H]1CCNC[C@@H]1NCc1ncnc2c1CCN2. The van der Waals surface area contributed by atoms with Crippen molar-refractivity contribution in [2.24, 2.45) is 5.92 Å². The summed E-state index contributed by atoms with van der Waals surface area (Å²) in [5.74, 6) is 1.76. The summed E-state index contributed by atoms with van der Waals surface area (Å²) in [4.78, 5) is 8.69. The Labute approximate surface area is 108 Å². The van der Waals surface area contributed by atoms with E-state index in [0.717, 1.165) is 50.0 Å². The lowest BCUT2D eigenvalue weighted by Gasteiger charge is -2.30. The average Bonchev–Trinajstić information content (AvgIpc) is 2.86. The zero-order valence-electron chi connectivity index (χ0n) is 10.9. The maximum Gasteiger partial charge on any atom is 0.132 e. The highest BCUT2D eigenvalue weighted by Gasteiger charge is 2.22. The number of rotatable bonds is 3. The molecule has 1 aromatic heterocycles. The summed E-state index contributed by atoms with van der Waals surface area (Å²) in [6.45, 7) is 6.37. The second-order valence-electron chi connectivity index (χ2n) is 5.28. The lowest BCUT2D eigenvalue weighted by atomic mass is 9.95. The van der Waals surface area contributed by atoms with Gasteiger partial charge in [-0.25, -0.2) is 9.97 Å². The highest BCUT2D eigenvalue weighted by atomic mass is 15.1. The Kier molecular flexibility index (Phi) is 3.43. The van der Waals surface area contributed by atoms with Gasteiger partial charge >= 0.3 is 0 Å². The van der Waals surface area contributed by atoms with Crippen LogP contribution < -0.4 is 16.0 Å². The van der Waals surface area contributed by atoms with Crippen molar-refractivity contribution in [3.63, 3.8) is 0 Å². The lowest BCUT2D eigenvalue weighted by molar-refractivity contribution is 0.294. The monoisotopic (exact) mass is 247 g/mol. The van der Waals surface area contributed by atoms with Crippen LogP contribution in [0.1, 0.15) is 24.6 Å². The van der Waals surface area contributed by atoms with E-state index in [0.29, 0.717) is 6.04 Å². The number of hydrogen-bond donors (Lipinski definition) is 3. The van der Waals surface area contributed by atoms with Crippen LogP contribution in [0.15, 0.2) is 6.33 Å². The van der Waals surface area contributed by atoms with Crippen molar-refractivity contribution in [1.29, 1.82) is 0 Å². The van der Waals surface area contributed by atoms with Gasteiger partial charge < -0.3 is 16.0 Å². The molecule has 1 fully saturated rings. The van der Waals surface area contributed by atoms with Crippen molar-refractivity contribution in [1.82, 2.24) is 20.6 Å². The largest absolute Gasteiger partial charge is 0.369 e. The zero-order valence-corrected chi connectivity index (χ0v) is 10.9. The molecule has 0 saturated carbocycles. The van der Waals surface area contributed by atoms with Gasteiger partial charge in [-0.1, -0.05) is 6.92 Å². The second kappa shape index (κ2) is 5.20. The number of nitrogens with one attached hydrogen (secondary N) is 3. The van der Waals surface area contributed by atoms with Crippen molar-refractivity contribution in [2.45, 2.75) is 32.4 Å². The van der Waals surface area contributed by atoms with E-state index in [2.05, 4.69) is 32.8 Å². The fourth-order valence-electron chi connectivity index (χ4n) is 2.81. The molecule has 0 radical (unpaired) electrons. The zero-order chi connectivity index (χ0) is 12.4. The van der Waals surface area contributed by atoms with Crippen LogP contribution in [0.3, 0.4) is 0 Å². The molecule has 3 rings (SSSR count). The van der Waals surface area contributed by atoms with E-state index in [-0.39, 0.29) is 0 Å². The number of anilines is 1. The molecule has 2 aliphatic heterocycles. The third-order valence-electron chi connectivity index (χ3n) is 4.06. The Morgan fingerprint density at radius 3 is 3.22 bits per heavy atom. The van der Waals surface area contributed by atoms with Crippen molar-refractivity contribution in [3.8, 4) is 0 Å². The Morgan fingerprint density at radius 2 is 2.33 bits per heavy atom. The van der Waals surface area contributed by atoms with Crippen LogP contribution in [0.2, 0.25) is 0 Å². The summed E-state index contributed by atoms with van der Waals surface area (Å²) in [7, 11) is 0. The minimum atomic E-state index is 0.554. The van der Waals surface area contributed by atoms with E-state index in [1.54, 1.807) is 6.33 Å². The fourth-order valence-corrected chi connectivity index (χ4v) is 2.81. The van der Waals surface area contributed by atoms with Gasteiger partial charge in [-0.15, -0.1) is 0 Å². The molecule has 5 nitrogen and oxygen atoms in total. The first-order chi connectivity index (χ1) is 8.84. The lowest BCUT2D eigenvalue weighted by Crippen LogP contribution is -2.47. The molecule has 0 bridgehead atoms. The van der Waals surface area contributed by atoms with Crippen LogP contribution >= 0.6 is 0 Å².